The predicted molar refractivity (Wildman–Crippen MR) is 88.8 cm³/mol. The van der Waals surface area contributed by atoms with Gasteiger partial charge in [0.05, 0.1) is 12.6 Å². The minimum atomic E-state index is 0.163. The molecule has 1 unspecified atom stereocenters. The number of thiophene rings is 1. The first-order valence-corrected chi connectivity index (χ1v) is 8.49. The zero-order valence-electron chi connectivity index (χ0n) is 11.9. The lowest BCUT2D eigenvalue weighted by Crippen LogP contribution is -2.36. The van der Waals surface area contributed by atoms with Crippen molar-refractivity contribution in [1.29, 1.82) is 0 Å². The van der Waals surface area contributed by atoms with E-state index in [2.05, 4.69) is 26.9 Å². The topological polar surface area (TPSA) is 47.7 Å². The maximum absolute atomic E-state index is 6.13. The van der Waals surface area contributed by atoms with Gasteiger partial charge >= 0.3 is 0 Å². The third-order valence-corrected chi connectivity index (χ3v) is 5.61. The second kappa shape index (κ2) is 10.1. The van der Waals surface area contributed by atoms with Crippen molar-refractivity contribution in [2.24, 2.45) is 5.73 Å². The van der Waals surface area contributed by atoms with Crippen LogP contribution in [0.15, 0.2) is 10.5 Å². The van der Waals surface area contributed by atoms with Crippen LogP contribution in [0.3, 0.4) is 0 Å². The summed E-state index contributed by atoms with van der Waals surface area (Å²) < 4.78 is 12.0. The van der Waals surface area contributed by atoms with Crippen LogP contribution in [0, 0.1) is 0 Å². The number of hydrogen-bond donors (Lipinski definition) is 1. The van der Waals surface area contributed by atoms with Crippen LogP contribution in [-0.2, 0) is 9.47 Å². The highest BCUT2D eigenvalue weighted by atomic mass is 79.9. The third-order valence-electron chi connectivity index (χ3n) is 3.03. The van der Waals surface area contributed by atoms with Crippen molar-refractivity contribution in [2.45, 2.75) is 12.5 Å². The van der Waals surface area contributed by atoms with Crippen LogP contribution in [0.5, 0.6) is 0 Å². The van der Waals surface area contributed by atoms with Gasteiger partial charge in [0.25, 0.3) is 0 Å². The second-order valence-electron chi connectivity index (χ2n) is 4.40. The van der Waals surface area contributed by atoms with E-state index in [9.17, 15) is 0 Å². The minimum absolute atomic E-state index is 0.163. The van der Waals surface area contributed by atoms with Crippen LogP contribution in [0.1, 0.15) is 17.3 Å². The van der Waals surface area contributed by atoms with Crippen LogP contribution in [0.2, 0.25) is 4.34 Å². The van der Waals surface area contributed by atoms with E-state index >= 15 is 0 Å². The van der Waals surface area contributed by atoms with Gasteiger partial charge < -0.3 is 15.2 Å². The van der Waals surface area contributed by atoms with Crippen molar-refractivity contribution >= 4 is 38.9 Å². The summed E-state index contributed by atoms with van der Waals surface area (Å²) in [5.74, 6) is 0. The fourth-order valence-corrected chi connectivity index (χ4v) is 3.90. The van der Waals surface area contributed by atoms with Crippen molar-refractivity contribution in [3.05, 3.63) is 19.8 Å². The average molecular weight is 386 g/mol. The van der Waals surface area contributed by atoms with Crippen molar-refractivity contribution in [2.75, 3.05) is 47.1 Å². The lowest BCUT2D eigenvalue weighted by Gasteiger charge is -2.30. The van der Waals surface area contributed by atoms with Crippen molar-refractivity contribution in [1.82, 2.24) is 4.90 Å². The van der Waals surface area contributed by atoms with E-state index in [0.29, 0.717) is 13.2 Å². The summed E-state index contributed by atoms with van der Waals surface area (Å²) >= 11 is 11.2. The molecule has 0 aliphatic carbocycles. The van der Waals surface area contributed by atoms with Crippen LogP contribution >= 0.6 is 38.9 Å². The SMILES string of the molecule is COCCCN(CCOC)C(CN)c1cc(Br)c(Cl)s1. The minimum Gasteiger partial charge on any atom is -0.385 e. The molecule has 1 heterocycles. The molecule has 1 aromatic heterocycles. The van der Waals surface area contributed by atoms with Gasteiger partial charge in [-0.05, 0) is 28.4 Å². The number of methoxy groups -OCH3 is 2. The molecule has 1 aromatic rings. The largest absolute Gasteiger partial charge is 0.385 e. The summed E-state index contributed by atoms with van der Waals surface area (Å²) in [7, 11) is 3.43. The molecule has 0 aliphatic heterocycles. The van der Waals surface area contributed by atoms with E-state index in [1.807, 2.05) is 0 Å². The maximum Gasteiger partial charge on any atom is 0.107 e. The fourth-order valence-electron chi connectivity index (χ4n) is 2.02. The van der Waals surface area contributed by atoms with Gasteiger partial charge in [0.15, 0.2) is 0 Å². The fraction of sp³-hybridized carbons (Fsp3) is 0.692. The summed E-state index contributed by atoms with van der Waals surface area (Å²) in [6.07, 6.45) is 0.969. The molecule has 4 nitrogen and oxygen atoms in total. The first kappa shape index (κ1) is 18.4. The van der Waals surface area contributed by atoms with Gasteiger partial charge in [0.1, 0.15) is 4.34 Å². The molecular formula is C13H22BrClN2O2S. The number of nitrogens with two attached hydrogens (primary N) is 1. The molecule has 1 atom stereocenters. The molecule has 0 saturated heterocycles. The van der Waals surface area contributed by atoms with Crippen LogP contribution in [0.25, 0.3) is 0 Å². The zero-order chi connectivity index (χ0) is 15.0. The molecule has 2 N–H and O–H groups in total. The molecule has 7 heteroatoms. The second-order valence-corrected chi connectivity index (χ2v) is 6.94. The van der Waals surface area contributed by atoms with Crippen molar-refractivity contribution in [3.8, 4) is 0 Å². The molecule has 0 fully saturated rings. The van der Waals surface area contributed by atoms with Crippen LogP contribution in [0.4, 0.5) is 0 Å². The molecule has 1 rings (SSSR count). The first-order valence-electron chi connectivity index (χ1n) is 6.50. The highest BCUT2D eigenvalue weighted by Gasteiger charge is 2.21. The number of nitrogens with zero attached hydrogens (tertiary/aromatic N) is 1. The van der Waals surface area contributed by atoms with Gasteiger partial charge in [0.2, 0.25) is 0 Å². The zero-order valence-corrected chi connectivity index (χ0v) is 15.1. The van der Waals surface area contributed by atoms with Gasteiger partial charge in [-0.25, -0.2) is 0 Å². The predicted octanol–water partition coefficient (Wildman–Crippen LogP) is 3.15. The molecule has 20 heavy (non-hydrogen) atoms. The number of hydrogen-bond acceptors (Lipinski definition) is 5. The molecule has 0 saturated carbocycles. The Hall–Kier alpha value is 0.310. The van der Waals surface area contributed by atoms with Crippen molar-refractivity contribution < 1.29 is 9.47 Å². The molecule has 0 aliphatic rings. The van der Waals surface area contributed by atoms with E-state index in [-0.39, 0.29) is 6.04 Å². The monoisotopic (exact) mass is 384 g/mol. The standard InChI is InChI=1S/C13H22BrClN2O2S/c1-18-6-3-4-17(5-7-19-2)11(9-16)12-8-10(14)13(15)20-12/h8,11H,3-7,9,16H2,1-2H3. The van der Waals surface area contributed by atoms with E-state index in [1.54, 1.807) is 25.6 Å². The van der Waals surface area contributed by atoms with Gasteiger partial charge in [-0.2, -0.15) is 0 Å². The highest BCUT2D eigenvalue weighted by Crippen LogP contribution is 2.36. The Labute approximate surface area is 138 Å². The normalized spacial score (nSPS) is 13.1. The lowest BCUT2D eigenvalue weighted by atomic mass is 10.2. The third kappa shape index (κ3) is 5.60. The molecule has 0 bridgehead atoms. The summed E-state index contributed by atoms with van der Waals surface area (Å²) in [5.41, 5.74) is 5.98. The Balaban J connectivity index is 2.77. The number of halogens is 2. The van der Waals surface area contributed by atoms with E-state index in [1.165, 1.54) is 4.88 Å². The van der Waals surface area contributed by atoms with Gasteiger partial charge in [-0.15, -0.1) is 11.3 Å². The average Bonchev–Trinajstić information content (AvgIpc) is 2.76. The Morgan fingerprint density at radius 2 is 2.05 bits per heavy atom. The Kier molecular flexibility index (Phi) is 9.28. The van der Waals surface area contributed by atoms with Gasteiger partial charge in [0, 0.05) is 49.8 Å². The molecule has 0 aromatic carbocycles. The molecule has 0 radical (unpaired) electrons. The summed E-state index contributed by atoms with van der Waals surface area (Å²) in [4.78, 5) is 3.51. The molecule has 0 spiro atoms. The van der Waals surface area contributed by atoms with Gasteiger partial charge in [-0.1, -0.05) is 11.6 Å². The van der Waals surface area contributed by atoms with E-state index in [4.69, 9.17) is 26.8 Å². The van der Waals surface area contributed by atoms with Crippen LogP contribution in [-0.4, -0.2) is 52.0 Å². The lowest BCUT2D eigenvalue weighted by molar-refractivity contribution is 0.109. The summed E-state index contributed by atoms with van der Waals surface area (Å²) in [6, 6.07) is 2.22. The molecule has 116 valence electrons. The summed E-state index contributed by atoms with van der Waals surface area (Å²) in [5, 5.41) is 0. The van der Waals surface area contributed by atoms with Crippen LogP contribution < -0.4 is 5.73 Å². The molecular weight excluding hydrogens is 364 g/mol. The molecule has 0 amide bonds. The maximum atomic E-state index is 6.13. The number of rotatable bonds is 10. The van der Waals surface area contributed by atoms with E-state index < -0.39 is 0 Å². The smallest absolute Gasteiger partial charge is 0.107 e. The first-order chi connectivity index (χ1) is 9.63. The highest BCUT2D eigenvalue weighted by molar-refractivity contribution is 9.10. The van der Waals surface area contributed by atoms with Gasteiger partial charge in [-0.3, -0.25) is 4.90 Å². The Bertz CT molecular complexity index is 373. The quantitative estimate of drug-likeness (QED) is 0.629. The summed E-state index contributed by atoms with van der Waals surface area (Å²) in [6.45, 7) is 3.75. The van der Waals surface area contributed by atoms with Crippen molar-refractivity contribution in [3.63, 3.8) is 0 Å². The Morgan fingerprint density at radius 3 is 2.55 bits per heavy atom. The number of ether oxygens (including phenoxy) is 2. The van der Waals surface area contributed by atoms with E-state index in [0.717, 1.165) is 34.9 Å². The Morgan fingerprint density at radius 1 is 1.35 bits per heavy atom.